The molecule has 144 valence electrons. The Morgan fingerprint density at radius 1 is 1.26 bits per heavy atom. The van der Waals surface area contributed by atoms with Crippen LogP contribution in [0.5, 0.6) is 5.75 Å². The summed E-state index contributed by atoms with van der Waals surface area (Å²) in [6, 6.07) is 6.69. The number of rotatable bonds is 4. The first-order chi connectivity index (χ1) is 12.9. The third-order valence-electron chi connectivity index (χ3n) is 4.93. The summed E-state index contributed by atoms with van der Waals surface area (Å²) < 4.78 is 40.1. The van der Waals surface area contributed by atoms with Crippen LogP contribution in [-0.4, -0.2) is 36.7 Å². The molecule has 0 aliphatic carbocycles. The van der Waals surface area contributed by atoms with E-state index in [1.165, 1.54) is 0 Å². The van der Waals surface area contributed by atoms with E-state index in [9.17, 15) is 8.78 Å². The van der Waals surface area contributed by atoms with E-state index in [1.54, 1.807) is 5.01 Å². The Morgan fingerprint density at radius 3 is 2.93 bits per heavy atom. The Balaban J connectivity index is 1.44. The minimum absolute atomic E-state index is 0.263. The molecule has 2 aliphatic heterocycles. The molecule has 1 aromatic carbocycles. The highest BCUT2D eigenvalue weighted by Crippen LogP contribution is 2.30. The number of furan rings is 1. The van der Waals surface area contributed by atoms with Crippen LogP contribution in [0.1, 0.15) is 19.1 Å². The lowest BCUT2D eigenvalue weighted by Gasteiger charge is -2.43. The van der Waals surface area contributed by atoms with Crippen LogP contribution < -0.4 is 15.5 Å². The molecule has 27 heavy (non-hydrogen) atoms. The van der Waals surface area contributed by atoms with Crippen molar-refractivity contribution in [2.45, 2.75) is 32.2 Å². The predicted molar refractivity (Wildman–Crippen MR) is 99.5 cm³/mol. The van der Waals surface area contributed by atoms with Crippen molar-refractivity contribution in [2.24, 2.45) is 0 Å². The highest BCUT2D eigenvalue weighted by molar-refractivity contribution is 5.79. The normalized spacial score (nSPS) is 22.2. The van der Waals surface area contributed by atoms with E-state index in [0.717, 1.165) is 28.1 Å². The lowest BCUT2D eigenvalue weighted by molar-refractivity contribution is -0.0970. The highest BCUT2D eigenvalue weighted by Gasteiger charge is 2.46. The number of allylic oxidation sites excluding steroid dienone is 3. The molecule has 5 nitrogen and oxygen atoms in total. The van der Waals surface area contributed by atoms with E-state index in [4.69, 9.17) is 9.15 Å². The molecule has 0 bridgehead atoms. The molecule has 3 heterocycles. The molecule has 1 saturated heterocycles. The van der Waals surface area contributed by atoms with Crippen LogP contribution >= 0.6 is 0 Å². The number of hydrogen-bond donors (Lipinski definition) is 2. The second kappa shape index (κ2) is 6.88. The van der Waals surface area contributed by atoms with Crippen molar-refractivity contribution in [3.63, 3.8) is 0 Å². The fraction of sp³-hybridized carbons (Fsp3) is 0.400. The molecule has 1 atom stereocenters. The Labute approximate surface area is 156 Å². The van der Waals surface area contributed by atoms with Gasteiger partial charge >= 0.3 is 0 Å². The molecule has 0 saturated carbocycles. The van der Waals surface area contributed by atoms with Gasteiger partial charge in [0, 0.05) is 11.1 Å². The monoisotopic (exact) mass is 375 g/mol. The summed E-state index contributed by atoms with van der Waals surface area (Å²) in [4.78, 5) is 0. The topological polar surface area (TPSA) is 49.7 Å². The van der Waals surface area contributed by atoms with Gasteiger partial charge in [-0.3, -0.25) is 10.4 Å². The van der Waals surface area contributed by atoms with Crippen LogP contribution in [-0.2, 0) is 0 Å². The molecule has 1 unspecified atom stereocenters. The Kier molecular flexibility index (Phi) is 4.55. The zero-order valence-electron chi connectivity index (χ0n) is 15.4. The first-order valence-corrected chi connectivity index (χ1v) is 9.07. The number of benzene rings is 1. The van der Waals surface area contributed by atoms with E-state index < -0.39 is 12.0 Å². The van der Waals surface area contributed by atoms with Crippen molar-refractivity contribution < 1.29 is 17.9 Å². The molecule has 7 heteroatoms. The molecule has 2 N–H and O–H groups in total. The van der Waals surface area contributed by atoms with Gasteiger partial charge in [0.2, 0.25) is 0 Å². The van der Waals surface area contributed by atoms with E-state index in [0.29, 0.717) is 18.7 Å². The molecule has 1 fully saturated rings. The van der Waals surface area contributed by atoms with Crippen LogP contribution in [0.4, 0.5) is 8.78 Å². The molecule has 2 aromatic rings. The molecule has 1 aromatic heterocycles. The first kappa shape index (κ1) is 17.9. The van der Waals surface area contributed by atoms with Gasteiger partial charge in [-0.25, -0.2) is 8.78 Å². The fourth-order valence-corrected chi connectivity index (χ4v) is 3.53. The minimum atomic E-state index is -2.80. The number of halogens is 2. The smallest absolute Gasteiger partial charge is 0.282 e. The van der Waals surface area contributed by atoms with Gasteiger partial charge < -0.3 is 14.5 Å². The van der Waals surface area contributed by atoms with Gasteiger partial charge in [-0.05, 0) is 63.2 Å². The average molecular weight is 375 g/mol. The van der Waals surface area contributed by atoms with Crippen molar-refractivity contribution in [1.82, 2.24) is 15.8 Å². The number of hydrazine groups is 1. The number of nitrogens with zero attached hydrogens (tertiary/aromatic N) is 1. The van der Waals surface area contributed by atoms with Crippen LogP contribution in [0, 0.1) is 6.92 Å². The van der Waals surface area contributed by atoms with Gasteiger partial charge in [0.05, 0.1) is 12.2 Å². The summed E-state index contributed by atoms with van der Waals surface area (Å²) in [6.07, 6.45) is 4.08. The maximum Gasteiger partial charge on any atom is 0.282 e. The molecular formula is C20H23F2N3O2. The Bertz CT molecular complexity index is 904. The summed E-state index contributed by atoms with van der Waals surface area (Å²) in [5, 5.41) is 5.31. The van der Waals surface area contributed by atoms with Gasteiger partial charge in [-0.1, -0.05) is 0 Å². The fourth-order valence-electron chi connectivity index (χ4n) is 3.53. The largest absolute Gasteiger partial charge is 0.487 e. The molecule has 4 rings (SSSR count). The summed E-state index contributed by atoms with van der Waals surface area (Å²) in [5.41, 5.74) is 5.43. The number of hydrogen-bond acceptors (Lipinski definition) is 5. The molecule has 2 aliphatic rings. The van der Waals surface area contributed by atoms with Crippen molar-refractivity contribution in [3.8, 4) is 5.75 Å². The summed E-state index contributed by atoms with van der Waals surface area (Å²) in [7, 11) is 0. The van der Waals surface area contributed by atoms with Crippen molar-refractivity contribution >= 4 is 11.0 Å². The maximum absolute atomic E-state index is 14.3. The minimum Gasteiger partial charge on any atom is -0.487 e. The third-order valence-corrected chi connectivity index (χ3v) is 4.93. The van der Waals surface area contributed by atoms with Crippen molar-refractivity contribution in [1.29, 1.82) is 0 Å². The SMILES string of the molecule is CC1=CC=C(COc2ccc3oc(C)cc3c2)NN1C1CCNCC1(F)F. The molecule has 0 radical (unpaired) electrons. The van der Waals surface area contributed by atoms with Crippen LogP contribution in [0.25, 0.3) is 11.0 Å². The van der Waals surface area contributed by atoms with Gasteiger partial charge in [0.25, 0.3) is 5.92 Å². The highest BCUT2D eigenvalue weighted by atomic mass is 19.3. The van der Waals surface area contributed by atoms with Crippen molar-refractivity contribution in [2.75, 3.05) is 19.7 Å². The number of fused-ring (bicyclic) bond motifs is 1. The van der Waals surface area contributed by atoms with E-state index in [2.05, 4.69) is 10.7 Å². The lowest BCUT2D eigenvalue weighted by Crippen LogP contribution is -2.60. The summed E-state index contributed by atoms with van der Waals surface area (Å²) in [5.74, 6) is -1.25. The van der Waals surface area contributed by atoms with Gasteiger partial charge in [0.1, 0.15) is 29.7 Å². The number of nitrogens with one attached hydrogen (secondary N) is 2. The zero-order chi connectivity index (χ0) is 19.0. The summed E-state index contributed by atoms with van der Waals surface area (Å²) >= 11 is 0. The second-order valence-corrected chi connectivity index (χ2v) is 7.07. The van der Waals surface area contributed by atoms with E-state index in [1.807, 2.05) is 50.3 Å². The number of alkyl halides is 2. The van der Waals surface area contributed by atoms with E-state index in [-0.39, 0.29) is 13.2 Å². The Morgan fingerprint density at radius 2 is 2.11 bits per heavy atom. The average Bonchev–Trinajstić information content (AvgIpc) is 3.00. The third kappa shape index (κ3) is 3.64. The zero-order valence-corrected chi connectivity index (χ0v) is 15.4. The first-order valence-electron chi connectivity index (χ1n) is 9.07. The molecule has 0 spiro atoms. The standard InChI is InChI=1S/C20H23F2N3O2/c1-13-3-4-16(24-25(13)19-7-8-23-12-20(19,21)22)11-26-17-5-6-18-15(10-17)9-14(2)27-18/h3-6,9-10,19,23-24H,7-8,11-12H2,1-2H3. The van der Waals surface area contributed by atoms with Crippen LogP contribution in [0.15, 0.2) is 52.2 Å². The molecule has 0 amide bonds. The number of aryl methyl sites for hydroxylation is 1. The quantitative estimate of drug-likeness (QED) is 0.853. The summed E-state index contributed by atoms with van der Waals surface area (Å²) in [6.45, 7) is 4.26. The molecular weight excluding hydrogens is 352 g/mol. The van der Waals surface area contributed by atoms with Gasteiger partial charge in [-0.15, -0.1) is 0 Å². The second-order valence-electron chi connectivity index (χ2n) is 7.07. The van der Waals surface area contributed by atoms with Crippen molar-refractivity contribution in [3.05, 3.63) is 53.6 Å². The van der Waals surface area contributed by atoms with Gasteiger partial charge in [-0.2, -0.15) is 0 Å². The van der Waals surface area contributed by atoms with Gasteiger partial charge in [0.15, 0.2) is 0 Å². The van der Waals surface area contributed by atoms with E-state index >= 15 is 0 Å². The predicted octanol–water partition coefficient (Wildman–Crippen LogP) is 3.73. The number of ether oxygens (including phenoxy) is 1. The van der Waals surface area contributed by atoms with Crippen LogP contribution in [0.2, 0.25) is 0 Å². The number of piperidine rings is 1. The Hall–Kier alpha value is -2.54. The lowest BCUT2D eigenvalue weighted by atomic mass is 10.0. The van der Waals surface area contributed by atoms with Crippen LogP contribution in [0.3, 0.4) is 0 Å². The maximum atomic E-state index is 14.3.